The van der Waals surface area contributed by atoms with Gasteiger partial charge in [0.05, 0.1) is 11.6 Å². The van der Waals surface area contributed by atoms with Gasteiger partial charge in [-0.2, -0.15) is 5.10 Å². The Morgan fingerprint density at radius 2 is 2.12 bits per heavy atom. The molecular formula is C18H32N6O. The van der Waals surface area contributed by atoms with Gasteiger partial charge in [0.15, 0.2) is 5.96 Å². The van der Waals surface area contributed by atoms with Crippen molar-refractivity contribution in [2.24, 2.45) is 10.4 Å². The highest BCUT2D eigenvalue weighted by atomic mass is 16.5. The molecule has 7 nitrogen and oxygen atoms in total. The third kappa shape index (κ3) is 3.14. The maximum Gasteiger partial charge on any atom is 0.192 e. The van der Waals surface area contributed by atoms with Gasteiger partial charge in [-0.25, -0.2) is 9.67 Å². The molecule has 0 spiro atoms. The molecular weight excluding hydrogens is 316 g/mol. The van der Waals surface area contributed by atoms with E-state index in [2.05, 4.69) is 53.4 Å². The highest BCUT2D eigenvalue weighted by molar-refractivity contribution is 5.80. The van der Waals surface area contributed by atoms with Crippen molar-refractivity contribution in [3.8, 4) is 0 Å². The molecule has 7 heteroatoms. The van der Waals surface area contributed by atoms with Crippen molar-refractivity contribution in [2.45, 2.75) is 78.1 Å². The second-order valence-electron chi connectivity index (χ2n) is 7.96. The molecule has 2 heterocycles. The summed E-state index contributed by atoms with van der Waals surface area (Å²) < 4.78 is 7.76. The van der Waals surface area contributed by atoms with Crippen molar-refractivity contribution in [1.82, 2.24) is 25.4 Å². The molecule has 0 amide bonds. The van der Waals surface area contributed by atoms with Crippen LogP contribution in [0.5, 0.6) is 0 Å². The van der Waals surface area contributed by atoms with Gasteiger partial charge in [-0.3, -0.25) is 4.99 Å². The molecule has 0 aromatic carbocycles. The molecule has 1 saturated carbocycles. The minimum atomic E-state index is -0.0931. The minimum Gasteiger partial charge on any atom is -0.378 e. The Labute approximate surface area is 150 Å². The van der Waals surface area contributed by atoms with Gasteiger partial charge in [0.1, 0.15) is 11.6 Å². The van der Waals surface area contributed by atoms with E-state index >= 15 is 0 Å². The highest BCUT2D eigenvalue weighted by Crippen LogP contribution is 2.51. The fourth-order valence-electron chi connectivity index (χ4n) is 3.95. The van der Waals surface area contributed by atoms with E-state index in [4.69, 9.17) is 4.74 Å². The topological polar surface area (TPSA) is 76.4 Å². The molecule has 140 valence electrons. The van der Waals surface area contributed by atoms with E-state index in [0.29, 0.717) is 6.04 Å². The Balaban J connectivity index is 1.71. The van der Waals surface area contributed by atoms with Crippen molar-refractivity contribution >= 4 is 5.96 Å². The van der Waals surface area contributed by atoms with Crippen LogP contribution < -0.4 is 10.6 Å². The van der Waals surface area contributed by atoms with Gasteiger partial charge in [0.25, 0.3) is 0 Å². The average Bonchev–Trinajstić information content (AvgIpc) is 2.95. The van der Waals surface area contributed by atoms with Crippen LogP contribution >= 0.6 is 0 Å². The van der Waals surface area contributed by atoms with Gasteiger partial charge in [0.2, 0.25) is 0 Å². The summed E-state index contributed by atoms with van der Waals surface area (Å²) in [4.78, 5) is 9.27. The lowest BCUT2D eigenvalue weighted by molar-refractivity contribution is -0.176. The zero-order valence-corrected chi connectivity index (χ0v) is 16.4. The smallest absolute Gasteiger partial charge is 0.192 e. The lowest BCUT2D eigenvalue weighted by Gasteiger charge is -2.59. The lowest BCUT2D eigenvalue weighted by Crippen LogP contribution is -2.69. The van der Waals surface area contributed by atoms with Crippen LogP contribution in [0.25, 0.3) is 0 Å². The van der Waals surface area contributed by atoms with E-state index < -0.39 is 0 Å². The number of rotatable bonds is 4. The fourth-order valence-corrected chi connectivity index (χ4v) is 3.95. The fraction of sp³-hybridized carbons (Fsp3) is 0.833. The molecule has 2 N–H and O–H groups in total. The summed E-state index contributed by atoms with van der Waals surface area (Å²) >= 11 is 0. The maximum absolute atomic E-state index is 5.74. The first kappa shape index (κ1) is 18.2. The van der Waals surface area contributed by atoms with E-state index in [0.717, 1.165) is 50.0 Å². The van der Waals surface area contributed by atoms with Crippen LogP contribution in [0.4, 0.5) is 0 Å². The van der Waals surface area contributed by atoms with Crippen LogP contribution in [0.3, 0.4) is 0 Å². The van der Waals surface area contributed by atoms with Crippen molar-refractivity contribution in [1.29, 1.82) is 0 Å². The average molecular weight is 348 g/mol. The van der Waals surface area contributed by atoms with E-state index in [1.54, 1.807) is 7.11 Å². The Morgan fingerprint density at radius 1 is 1.36 bits per heavy atom. The van der Waals surface area contributed by atoms with E-state index in [9.17, 15) is 0 Å². The molecule has 0 bridgehead atoms. The molecule has 3 atom stereocenters. The molecule has 1 aliphatic carbocycles. The molecule has 1 fully saturated rings. The first-order valence-corrected chi connectivity index (χ1v) is 9.34. The first-order chi connectivity index (χ1) is 11.8. The predicted octanol–water partition coefficient (Wildman–Crippen LogP) is 2.18. The number of hydrogen-bond acceptors (Lipinski definition) is 4. The van der Waals surface area contributed by atoms with Crippen LogP contribution in [-0.2, 0) is 11.3 Å². The number of aliphatic imine (C=N–C) groups is 1. The van der Waals surface area contributed by atoms with Gasteiger partial charge >= 0.3 is 0 Å². The number of ether oxygens (including phenoxy) is 1. The van der Waals surface area contributed by atoms with Crippen molar-refractivity contribution in [3.05, 3.63) is 11.6 Å². The summed E-state index contributed by atoms with van der Waals surface area (Å²) in [7, 11) is 1.80. The van der Waals surface area contributed by atoms with Crippen molar-refractivity contribution < 1.29 is 4.74 Å². The Kier molecular flexibility index (Phi) is 4.79. The molecule has 2 aliphatic rings. The van der Waals surface area contributed by atoms with Gasteiger partial charge in [0, 0.05) is 31.7 Å². The lowest BCUT2D eigenvalue weighted by atomic mass is 9.56. The molecule has 0 radical (unpaired) electrons. The van der Waals surface area contributed by atoms with Crippen molar-refractivity contribution in [2.75, 3.05) is 13.7 Å². The summed E-state index contributed by atoms with van der Waals surface area (Å²) in [5.41, 5.74) is -0.0504. The monoisotopic (exact) mass is 348 g/mol. The van der Waals surface area contributed by atoms with Gasteiger partial charge < -0.3 is 15.4 Å². The normalized spacial score (nSPS) is 31.2. The number of hydrogen-bond donors (Lipinski definition) is 2. The zero-order chi connectivity index (χ0) is 18.2. The summed E-state index contributed by atoms with van der Waals surface area (Å²) in [5, 5.41) is 11.7. The maximum atomic E-state index is 5.74. The Bertz CT molecular complexity index is 652. The third-order valence-electron chi connectivity index (χ3n) is 6.20. The molecule has 1 aromatic heterocycles. The van der Waals surface area contributed by atoms with Crippen LogP contribution in [0, 0.1) is 12.3 Å². The minimum absolute atomic E-state index is 0.0428. The first-order valence-electron chi connectivity index (χ1n) is 9.34. The molecule has 1 aromatic rings. The van der Waals surface area contributed by atoms with E-state index in [1.807, 2.05) is 11.6 Å². The highest BCUT2D eigenvalue weighted by Gasteiger charge is 2.58. The molecule has 25 heavy (non-hydrogen) atoms. The number of methoxy groups -OCH3 is 1. The van der Waals surface area contributed by atoms with Gasteiger partial charge in [-0.05, 0) is 40.0 Å². The second kappa shape index (κ2) is 6.59. The predicted molar refractivity (Wildman–Crippen MR) is 98.6 cm³/mol. The van der Waals surface area contributed by atoms with E-state index in [1.165, 1.54) is 0 Å². The molecule has 0 saturated heterocycles. The molecule has 3 unspecified atom stereocenters. The number of aromatic nitrogens is 3. The van der Waals surface area contributed by atoms with Crippen molar-refractivity contribution in [3.63, 3.8) is 0 Å². The summed E-state index contributed by atoms with van der Waals surface area (Å²) in [6.45, 7) is 12.4. The Hall–Kier alpha value is -1.63. The summed E-state index contributed by atoms with van der Waals surface area (Å²) in [6.07, 6.45) is 3.12. The van der Waals surface area contributed by atoms with Crippen LogP contribution in [0.2, 0.25) is 0 Å². The largest absolute Gasteiger partial charge is 0.378 e. The summed E-state index contributed by atoms with van der Waals surface area (Å²) in [6, 6.07) is 0.489. The SMILES string of the molecule is CCN=C(NC1CCCn2nc(C)nc21)NC1CC(C)(OC)C1(C)C. The third-order valence-corrected chi connectivity index (χ3v) is 6.20. The molecule has 3 rings (SSSR count). The van der Waals surface area contributed by atoms with Crippen LogP contribution in [0.15, 0.2) is 4.99 Å². The Morgan fingerprint density at radius 3 is 2.76 bits per heavy atom. The van der Waals surface area contributed by atoms with Crippen LogP contribution in [-0.4, -0.2) is 46.0 Å². The number of nitrogens with one attached hydrogen (secondary N) is 2. The quantitative estimate of drug-likeness (QED) is 0.644. The standard InChI is InChI=1S/C18H32N6O/c1-7-19-16(22-14-11-18(5,25-6)17(14,3)4)21-13-9-8-10-24-15(13)20-12(2)23-24/h13-14H,7-11H2,1-6H3,(H2,19,21,22). The number of guanidine groups is 1. The second-order valence-corrected chi connectivity index (χ2v) is 7.96. The van der Waals surface area contributed by atoms with Crippen LogP contribution in [0.1, 0.15) is 64.6 Å². The van der Waals surface area contributed by atoms with E-state index in [-0.39, 0.29) is 17.1 Å². The number of aryl methyl sites for hydroxylation is 2. The van der Waals surface area contributed by atoms with Gasteiger partial charge in [-0.15, -0.1) is 0 Å². The molecule has 1 aliphatic heterocycles. The summed E-state index contributed by atoms with van der Waals surface area (Å²) in [5.74, 6) is 2.71. The number of nitrogens with zero attached hydrogens (tertiary/aromatic N) is 4. The zero-order valence-electron chi connectivity index (χ0n) is 16.4. The van der Waals surface area contributed by atoms with Gasteiger partial charge in [-0.1, -0.05) is 13.8 Å². The number of fused-ring (bicyclic) bond motifs is 1.